The van der Waals surface area contributed by atoms with Crippen LogP contribution in [0.15, 0.2) is 23.8 Å². The zero-order valence-electron chi connectivity index (χ0n) is 9.42. The van der Waals surface area contributed by atoms with Gasteiger partial charge in [-0.2, -0.15) is 0 Å². The van der Waals surface area contributed by atoms with Crippen LogP contribution < -0.4 is 0 Å². The molecule has 0 aliphatic heterocycles. The lowest BCUT2D eigenvalue weighted by Gasteiger charge is -2.21. The fourth-order valence-electron chi connectivity index (χ4n) is 2.28. The Morgan fingerprint density at radius 2 is 2.14 bits per heavy atom. The van der Waals surface area contributed by atoms with Crippen molar-refractivity contribution in [2.45, 2.75) is 32.5 Å². The summed E-state index contributed by atoms with van der Waals surface area (Å²) in [6.07, 6.45) is 9.59. The van der Waals surface area contributed by atoms with Gasteiger partial charge in [0.05, 0.1) is 6.61 Å². The lowest BCUT2D eigenvalue weighted by molar-refractivity contribution is 0.326. The van der Waals surface area contributed by atoms with Crippen LogP contribution in [0.25, 0.3) is 0 Å². The highest BCUT2D eigenvalue weighted by Gasteiger charge is 2.30. The third kappa shape index (κ3) is 2.18. The summed E-state index contributed by atoms with van der Waals surface area (Å²) >= 11 is 0. The Labute approximate surface area is 88.0 Å². The molecule has 0 aromatic carbocycles. The van der Waals surface area contributed by atoms with Gasteiger partial charge in [-0.15, -0.1) is 0 Å². The number of hydrogen-bond acceptors (Lipinski definition) is 1. The highest BCUT2D eigenvalue weighted by Crippen LogP contribution is 2.39. The van der Waals surface area contributed by atoms with E-state index in [9.17, 15) is 0 Å². The topological polar surface area (TPSA) is 9.23 Å². The second-order valence-corrected chi connectivity index (χ2v) is 9.86. The van der Waals surface area contributed by atoms with Gasteiger partial charge in [0, 0.05) is 0 Å². The van der Waals surface area contributed by atoms with Gasteiger partial charge in [-0.1, -0.05) is 18.2 Å². The van der Waals surface area contributed by atoms with Crippen LogP contribution in [-0.2, 0) is 4.43 Å². The highest BCUT2D eigenvalue weighted by atomic mass is 28.4. The first-order valence-electron chi connectivity index (χ1n) is 5.56. The first kappa shape index (κ1) is 10.2. The van der Waals surface area contributed by atoms with E-state index in [4.69, 9.17) is 4.43 Å². The van der Waals surface area contributed by atoms with E-state index >= 15 is 0 Å². The Balaban J connectivity index is 1.88. The molecule has 0 saturated heterocycles. The number of rotatable bonds is 3. The molecule has 2 aliphatic carbocycles. The van der Waals surface area contributed by atoms with E-state index in [0.29, 0.717) is 0 Å². The average molecular weight is 208 g/mol. The van der Waals surface area contributed by atoms with Crippen molar-refractivity contribution in [2.75, 3.05) is 6.61 Å². The smallest absolute Gasteiger partial charge is 0.184 e. The van der Waals surface area contributed by atoms with Crippen LogP contribution >= 0.6 is 0 Å². The molecule has 0 fully saturated rings. The minimum atomic E-state index is -1.33. The lowest BCUT2D eigenvalue weighted by atomic mass is 9.94. The van der Waals surface area contributed by atoms with E-state index in [2.05, 4.69) is 37.9 Å². The van der Waals surface area contributed by atoms with Crippen LogP contribution in [0.2, 0.25) is 19.6 Å². The molecule has 0 heterocycles. The third-order valence-electron chi connectivity index (χ3n) is 3.09. The monoisotopic (exact) mass is 208 g/mol. The van der Waals surface area contributed by atoms with Gasteiger partial charge >= 0.3 is 0 Å². The molecule has 0 aromatic rings. The average Bonchev–Trinajstić information content (AvgIpc) is 2.59. The summed E-state index contributed by atoms with van der Waals surface area (Å²) in [5, 5.41) is 0. The van der Waals surface area contributed by atoms with Gasteiger partial charge < -0.3 is 4.43 Å². The normalized spacial score (nSPS) is 30.6. The van der Waals surface area contributed by atoms with E-state index in [-0.39, 0.29) is 0 Å². The fraction of sp³-hybridized carbons (Fsp3) is 0.667. The maximum atomic E-state index is 5.96. The first-order chi connectivity index (χ1) is 6.56. The molecule has 2 atom stereocenters. The van der Waals surface area contributed by atoms with Crippen molar-refractivity contribution in [3.8, 4) is 0 Å². The van der Waals surface area contributed by atoms with Gasteiger partial charge in [0.2, 0.25) is 0 Å². The van der Waals surface area contributed by atoms with Crippen LogP contribution in [-0.4, -0.2) is 14.9 Å². The van der Waals surface area contributed by atoms with Crippen molar-refractivity contribution in [2.24, 2.45) is 11.8 Å². The maximum Gasteiger partial charge on any atom is 0.184 e. The minimum Gasteiger partial charge on any atom is -0.414 e. The van der Waals surface area contributed by atoms with Gasteiger partial charge in [-0.3, -0.25) is 0 Å². The second-order valence-electron chi connectivity index (χ2n) is 5.35. The second kappa shape index (κ2) is 3.67. The van der Waals surface area contributed by atoms with Gasteiger partial charge in [0.15, 0.2) is 8.32 Å². The third-order valence-corrected chi connectivity index (χ3v) is 4.10. The molecule has 0 radical (unpaired) electrons. The van der Waals surface area contributed by atoms with E-state index < -0.39 is 8.32 Å². The molecular formula is C12H20OSi. The number of hydrogen-bond donors (Lipinski definition) is 0. The summed E-state index contributed by atoms with van der Waals surface area (Å²) in [4.78, 5) is 0. The van der Waals surface area contributed by atoms with Crippen LogP contribution in [0.4, 0.5) is 0 Å². The molecule has 0 N–H and O–H groups in total. The molecule has 0 saturated carbocycles. The summed E-state index contributed by atoms with van der Waals surface area (Å²) in [6.45, 7) is 7.66. The van der Waals surface area contributed by atoms with E-state index in [0.717, 1.165) is 18.4 Å². The molecule has 0 aromatic heterocycles. The predicted molar refractivity (Wildman–Crippen MR) is 62.7 cm³/mol. The van der Waals surface area contributed by atoms with Gasteiger partial charge in [-0.25, -0.2) is 0 Å². The van der Waals surface area contributed by atoms with E-state index in [1.54, 1.807) is 5.57 Å². The molecule has 14 heavy (non-hydrogen) atoms. The van der Waals surface area contributed by atoms with Crippen molar-refractivity contribution < 1.29 is 4.43 Å². The fourth-order valence-corrected chi connectivity index (χ4v) is 2.88. The molecule has 0 unspecified atom stereocenters. The quantitative estimate of drug-likeness (QED) is 0.510. The minimum absolute atomic E-state index is 0.784. The number of allylic oxidation sites excluding steroid dienone is 3. The molecule has 2 aliphatic rings. The van der Waals surface area contributed by atoms with Gasteiger partial charge in [-0.05, 0) is 49.9 Å². The molecule has 1 nitrogen and oxygen atoms in total. The first-order valence-corrected chi connectivity index (χ1v) is 8.96. The van der Waals surface area contributed by atoms with Crippen molar-refractivity contribution in [3.05, 3.63) is 23.8 Å². The number of fused-ring (bicyclic) bond motifs is 1. The van der Waals surface area contributed by atoms with E-state index in [1.165, 1.54) is 12.8 Å². The van der Waals surface area contributed by atoms with Crippen LogP contribution in [0.5, 0.6) is 0 Å². The van der Waals surface area contributed by atoms with Crippen molar-refractivity contribution >= 4 is 8.32 Å². The molecule has 0 amide bonds. The standard InChI is InChI=1S/C12H20OSi/c1-14(2,3)13-9-11-8-7-10-5-4-6-12(10)11/h4-5,8,10,12H,6-7,9H2,1-3H3/t10-,12-/m1/s1. The molecule has 0 bridgehead atoms. The van der Waals surface area contributed by atoms with Crippen molar-refractivity contribution in [1.29, 1.82) is 0 Å². The Morgan fingerprint density at radius 3 is 2.86 bits per heavy atom. The molecule has 2 rings (SSSR count). The Kier molecular flexibility index (Phi) is 2.67. The van der Waals surface area contributed by atoms with Crippen LogP contribution in [0, 0.1) is 11.8 Å². The van der Waals surface area contributed by atoms with E-state index in [1.807, 2.05) is 0 Å². The van der Waals surface area contributed by atoms with Gasteiger partial charge in [0.25, 0.3) is 0 Å². The Morgan fingerprint density at radius 1 is 1.36 bits per heavy atom. The molecule has 2 heteroatoms. The zero-order chi connectivity index (χ0) is 10.2. The molecular weight excluding hydrogens is 188 g/mol. The van der Waals surface area contributed by atoms with Crippen LogP contribution in [0.1, 0.15) is 12.8 Å². The molecule has 78 valence electrons. The summed E-state index contributed by atoms with van der Waals surface area (Å²) in [5.41, 5.74) is 1.56. The molecule has 0 spiro atoms. The maximum absolute atomic E-state index is 5.96. The summed E-state index contributed by atoms with van der Waals surface area (Å²) in [5.74, 6) is 1.58. The van der Waals surface area contributed by atoms with Crippen molar-refractivity contribution in [3.63, 3.8) is 0 Å². The Hall–Kier alpha value is -0.343. The summed E-state index contributed by atoms with van der Waals surface area (Å²) in [7, 11) is -1.33. The van der Waals surface area contributed by atoms with Gasteiger partial charge in [0.1, 0.15) is 0 Å². The Bertz CT molecular complexity index is 273. The summed E-state index contributed by atoms with van der Waals surface area (Å²) < 4.78 is 5.96. The largest absolute Gasteiger partial charge is 0.414 e. The SMILES string of the molecule is C[Si](C)(C)OCC1=CC[C@H]2C=CC[C@@H]12. The summed E-state index contributed by atoms with van der Waals surface area (Å²) in [6, 6.07) is 0. The van der Waals surface area contributed by atoms with Crippen molar-refractivity contribution in [1.82, 2.24) is 0 Å². The lowest BCUT2D eigenvalue weighted by Crippen LogP contribution is -2.27. The zero-order valence-corrected chi connectivity index (χ0v) is 10.4. The predicted octanol–water partition coefficient (Wildman–Crippen LogP) is 3.36. The van der Waals surface area contributed by atoms with Crippen LogP contribution in [0.3, 0.4) is 0 Å². The highest BCUT2D eigenvalue weighted by molar-refractivity contribution is 6.69.